The number of rotatable bonds is 4. The zero-order valence-electron chi connectivity index (χ0n) is 8.61. The van der Waals surface area contributed by atoms with E-state index >= 15 is 0 Å². The first kappa shape index (κ1) is 13.1. The molecule has 0 radical (unpaired) electrons. The molecule has 0 aliphatic rings. The molecule has 2 rings (SSSR count). The fraction of sp³-hybridized carbons (Fsp3) is 0.182. The molecular formula is C11H8BrClN2S2. The lowest BCUT2D eigenvalue weighted by atomic mass is 10.2. The van der Waals surface area contributed by atoms with Crippen LogP contribution in [-0.4, -0.2) is 0 Å². The Labute approximate surface area is 121 Å². The number of hydrogen-bond acceptors (Lipinski definition) is 4. The van der Waals surface area contributed by atoms with Gasteiger partial charge in [-0.05, 0) is 33.4 Å². The van der Waals surface area contributed by atoms with Crippen LogP contribution in [0.1, 0.15) is 15.8 Å². The molecule has 0 saturated carbocycles. The standard InChI is InChI=1S/C11H8BrClN2S2/c12-8-4-10(17-11(8)13)9(5-14)15-6-7-2-1-3-16-7/h1-4,9,15H,6H2. The Morgan fingerprint density at radius 1 is 1.59 bits per heavy atom. The zero-order valence-corrected chi connectivity index (χ0v) is 12.6. The molecule has 0 saturated heterocycles. The third-order valence-corrected chi connectivity index (χ3v) is 5.55. The van der Waals surface area contributed by atoms with Gasteiger partial charge in [0.05, 0.1) is 6.07 Å². The van der Waals surface area contributed by atoms with Crippen molar-refractivity contribution in [1.29, 1.82) is 5.26 Å². The molecule has 0 spiro atoms. The topological polar surface area (TPSA) is 35.8 Å². The summed E-state index contributed by atoms with van der Waals surface area (Å²) in [5.74, 6) is 0. The predicted octanol–water partition coefficient (Wildman–Crippen LogP) is 4.58. The lowest BCUT2D eigenvalue weighted by Crippen LogP contribution is -2.17. The summed E-state index contributed by atoms with van der Waals surface area (Å²) in [5, 5.41) is 14.4. The van der Waals surface area contributed by atoms with Gasteiger partial charge in [-0.1, -0.05) is 17.7 Å². The van der Waals surface area contributed by atoms with Crippen molar-refractivity contribution in [1.82, 2.24) is 5.32 Å². The number of nitriles is 1. The first-order valence-electron chi connectivity index (χ1n) is 4.81. The lowest BCUT2D eigenvalue weighted by molar-refractivity contribution is 0.644. The molecule has 0 fully saturated rings. The van der Waals surface area contributed by atoms with Gasteiger partial charge in [0.2, 0.25) is 0 Å². The Bertz CT molecular complexity index is 511. The minimum absolute atomic E-state index is 0.314. The van der Waals surface area contributed by atoms with E-state index in [-0.39, 0.29) is 6.04 Å². The summed E-state index contributed by atoms with van der Waals surface area (Å²) in [6.07, 6.45) is 0. The van der Waals surface area contributed by atoms with E-state index in [0.717, 1.165) is 9.35 Å². The van der Waals surface area contributed by atoms with Gasteiger partial charge >= 0.3 is 0 Å². The first-order valence-corrected chi connectivity index (χ1v) is 7.67. The summed E-state index contributed by atoms with van der Waals surface area (Å²) in [4.78, 5) is 2.15. The van der Waals surface area contributed by atoms with Gasteiger partial charge in [0.25, 0.3) is 0 Å². The minimum Gasteiger partial charge on any atom is -0.293 e. The molecule has 2 aromatic rings. The third-order valence-electron chi connectivity index (χ3n) is 2.14. The Balaban J connectivity index is 2.04. The first-order chi connectivity index (χ1) is 8.20. The van der Waals surface area contributed by atoms with Gasteiger partial charge in [-0.2, -0.15) is 5.26 Å². The van der Waals surface area contributed by atoms with Gasteiger partial charge in [0.15, 0.2) is 0 Å². The molecule has 1 N–H and O–H groups in total. The van der Waals surface area contributed by atoms with Crippen LogP contribution in [0, 0.1) is 11.3 Å². The lowest BCUT2D eigenvalue weighted by Gasteiger charge is -2.07. The van der Waals surface area contributed by atoms with Gasteiger partial charge in [-0.3, -0.25) is 5.32 Å². The second-order valence-electron chi connectivity index (χ2n) is 3.29. The van der Waals surface area contributed by atoms with E-state index < -0.39 is 0 Å². The maximum atomic E-state index is 9.15. The van der Waals surface area contributed by atoms with Gasteiger partial charge in [0, 0.05) is 20.8 Å². The zero-order chi connectivity index (χ0) is 12.3. The van der Waals surface area contributed by atoms with Crippen molar-refractivity contribution in [3.05, 3.63) is 42.1 Å². The summed E-state index contributed by atoms with van der Waals surface area (Å²) in [5.41, 5.74) is 0. The average molecular weight is 348 g/mol. The van der Waals surface area contributed by atoms with Crippen LogP contribution in [0.2, 0.25) is 4.34 Å². The average Bonchev–Trinajstić information content (AvgIpc) is 2.91. The Morgan fingerprint density at radius 2 is 2.41 bits per heavy atom. The summed E-state index contributed by atoms with van der Waals surface area (Å²) < 4.78 is 1.52. The summed E-state index contributed by atoms with van der Waals surface area (Å²) in [6, 6.07) is 7.87. The molecule has 0 aromatic carbocycles. The highest BCUT2D eigenvalue weighted by atomic mass is 79.9. The number of thiophene rings is 2. The summed E-state index contributed by atoms with van der Waals surface area (Å²) >= 11 is 12.4. The molecule has 2 aromatic heterocycles. The normalized spacial score (nSPS) is 12.3. The van der Waals surface area contributed by atoms with Crippen molar-refractivity contribution < 1.29 is 0 Å². The third kappa shape index (κ3) is 3.30. The number of nitrogens with zero attached hydrogens (tertiary/aromatic N) is 1. The van der Waals surface area contributed by atoms with E-state index in [2.05, 4.69) is 27.3 Å². The Hall–Kier alpha value is -0.380. The maximum Gasteiger partial charge on any atom is 0.130 e. The highest BCUT2D eigenvalue weighted by Crippen LogP contribution is 2.35. The number of hydrogen-bond donors (Lipinski definition) is 1. The van der Waals surface area contributed by atoms with Crippen LogP contribution in [0.25, 0.3) is 0 Å². The largest absolute Gasteiger partial charge is 0.293 e. The molecule has 88 valence electrons. The van der Waals surface area contributed by atoms with Gasteiger partial charge in [-0.25, -0.2) is 0 Å². The minimum atomic E-state index is -0.314. The van der Waals surface area contributed by atoms with E-state index in [0.29, 0.717) is 10.9 Å². The fourth-order valence-electron chi connectivity index (χ4n) is 1.33. The second-order valence-corrected chi connectivity index (χ2v) is 6.87. The molecule has 0 amide bonds. The molecule has 2 heterocycles. The molecule has 1 unspecified atom stereocenters. The van der Waals surface area contributed by atoms with Gasteiger partial charge < -0.3 is 0 Å². The van der Waals surface area contributed by atoms with E-state index in [1.54, 1.807) is 11.3 Å². The van der Waals surface area contributed by atoms with Crippen LogP contribution in [-0.2, 0) is 6.54 Å². The molecule has 1 atom stereocenters. The van der Waals surface area contributed by atoms with Crippen LogP contribution >= 0.6 is 50.2 Å². The van der Waals surface area contributed by atoms with Gasteiger partial charge in [0.1, 0.15) is 10.4 Å². The molecule has 2 nitrogen and oxygen atoms in total. The van der Waals surface area contributed by atoms with Crippen molar-refractivity contribution in [2.75, 3.05) is 0 Å². The molecule has 17 heavy (non-hydrogen) atoms. The van der Waals surface area contributed by atoms with Crippen molar-refractivity contribution in [3.8, 4) is 6.07 Å². The predicted molar refractivity (Wildman–Crippen MR) is 76.5 cm³/mol. The van der Waals surface area contributed by atoms with Crippen LogP contribution < -0.4 is 5.32 Å². The van der Waals surface area contributed by atoms with Crippen molar-refractivity contribution in [2.45, 2.75) is 12.6 Å². The smallest absolute Gasteiger partial charge is 0.130 e. The maximum absolute atomic E-state index is 9.15. The molecular weight excluding hydrogens is 340 g/mol. The molecule has 0 aliphatic carbocycles. The highest BCUT2D eigenvalue weighted by molar-refractivity contribution is 9.10. The molecule has 0 aliphatic heterocycles. The fourth-order valence-corrected chi connectivity index (χ4v) is 3.74. The van der Waals surface area contributed by atoms with Crippen LogP contribution in [0.5, 0.6) is 0 Å². The molecule has 0 bridgehead atoms. The Kier molecular flexibility index (Phi) is 4.60. The van der Waals surface area contributed by atoms with E-state index in [9.17, 15) is 0 Å². The van der Waals surface area contributed by atoms with Crippen LogP contribution in [0.4, 0.5) is 0 Å². The van der Waals surface area contributed by atoms with Crippen molar-refractivity contribution in [2.24, 2.45) is 0 Å². The monoisotopic (exact) mass is 346 g/mol. The summed E-state index contributed by atoms with van der Waals surface area (Å²) in [7, 11) is 0. The van der Waals surface area contributed by atoms with E-state index in [1.165, 1.54) is 16.2 Å². The summed E-state index contributed by atoms with van der Waals surface area (Å²) in [6.45, 7) is 0.697. The van der Waals surface area contributed by atoms with Crippen LogP contribution in [0.3, 0.4) is 0 Å². The quantitative estimate of drug-likeness (QED) is 0.878. The van der Waals surface area contributed by atoms with E-state index in [1.807, 2.05) is 23.6 Å². The molecule has 6 heteroatoms. The number of nitrogens with one attached hydrogen (secondary N) is 1. The second kappa shape index (κ2) is 5.98. The van der Waals surface area contributed by atoms with Crippen molar-refractivity contribution in [3.63, 3.8) is 0 Å². The Morgan fingerprint density at radius 3 is 2.94 bits per heavy atom. The highest BCUT2D eigenvalue weighted by Gasteiger charge is 2.15. The SMILES string of the molecule is N#CC(NCc1cccs1)c1cc(Br)c(Cl)s1. The number of halogens is 2. The van der Waals surface area contributed by atoms with Gasteiger partial charge in [-0.15, -0.1) is 22.7 Å². The van der Waals surface area contributed by atoms with Crippen molar-refractivity contribution >= 4 is 50.2 Å². The van der Waals surface area contributed by atoms with E-state index in [4.69, 9.17) is 16.9 Å². The van der Waals surface area contributed by atoms with Crippen LogP contribution in [0.15, 0.2) is 28.1 Å².